The second-order valence-electron chi connectivity index (χ2n) is 8.25. The molecule has 9 heteroatoms. The fourth-order valence-corrected chi connectivity index (χ4v) is 5.45. The van der Waals surface area contributed by atoms with Crippen molar-refractivity contribution in [1.82, 2.24) is 5.32 Å². The average Bonchev–Trinajstić information content (AvgIpc) is 2.82. The van der Waals surface area contributed by atoms with Crippen LogP contribution in [-0.4, -0.2) is 60.6 Å². The smallest absolute Gasteiger partial charge is 0.243 e. The van der Waals surface area contributed by atoms with Crippen molar-refractivity contribution in [3.8, 4) is 11.5 Å². The van der Waals surface area contributed by atoms with E-state index in [2.05, 4.69) is 17.4 Å². The first-order valence-electron chi connectivity index (χ1n) is 10.8. The third kappa shape index (κ3) is 5.59. The van der Waals surface area contributed by atoms with Crippen LogP contribution in [0.3, 0.4) is 0 Å². The van der Waals surface area contributed by atoms with Gasteiger partial charge in [-0.3, -0.25) is 9.10 Å². The molecule has 1 N–H and O–H groups in total. The molecule has 1 heterocycles. The molecule has 0 unspecified atom stereocenters. The van der Waals surface area contributed by atoms with Crippen LogP contribution >= 0.6 is 0 Å². The maximum atomic E-state index is 13.3. The van der Waals surface area contributed by atoms with Crippen LogP contribution in [0.2, 0.25) is 0 Å². The van der Waals surface area contributed by atoms with Crippen molar-refractivity contribution < 1.29 is 27.4 Å². The summed E-state index contributed by atoms with van der Waals surface area (Å²) in [7, 11) is -0.874. The summed E-state index contributed by atoms with van der Waals surface area (Å²) in [5.74, 6) is 0.385. The van der Waals surface area contributed by atoms with Gasteiger partial charge in [-0.25, -0.2) is 8.42 Å². The minimum Gasteiger partial charge on any atom is -0.497 e. The van der Waals surface area contributed by atoms with Gasteiger partial charge in [-0.2, -0.15) is 0 Å². The highest BCUT2D eigenvalue weighted by Crippen LogP contribution is 2.36. The van der Waals surface area contributed by atoms with Gasteiger partial charge in [-0.1, -0.05) is 30.3 Å². The topological polar surface area (TPSA) is 94.2 Å². The molecule has 1 aliphatic heterocycles. The second kappa shape index (κ2) is 10.4. The van der Waals surface area contributed by atoms with Gasteiger partial charge in [-0.05, 0) is 37.5 Å². The Morgan fingerprint density at radius 3 is 2.36 bits per heavy atom. The number of nitrogens with one attached hydrogen (secondary N) is 1. The van der Waals surface area contributed by atoms with Gasteiger partial charge in [0.1, 0.15) is 17.5 Å². The Balaban J connectivity index is 1.87. The van der Waals surface area contributed by atoms with Gasteiger partial charge in [0.2, 0.25) is 15.9 Å². The van der Waals surface area contributed by atoms with E-state index in [9.17, 15) is 13.2 Å². The summed E-state index contributed by atoms with van der Waals surface area (Å²) in [6, 6.07) is 13.9. The zero-order valence-electron chi connectivity index (χ0n) is 19.5. The molecule has 180 valence electrons. The molecule has 0 aromatic heterocycles. The number of amides is 1. The van der Waals surface area contributed by atoms with E-state index in [-0.39, 0.29) is 11.1 Å². The fourth-order valence-electron chi connectivity index (χ4n) is 4.28. The van der Waals surface area contributed by atoms with Gasteiger partial charge in [0.25, 0.3) is 0 Å². The van der Waals surface area contributed by atoms with Crippen LogP contribution in [0.4, 0.5) is 5.69 Å². The van der Waals surface area contributed by atoms with Crippen LogP contribution in [0.5, 0.6) is 11.5 Å². The highest BCUT2D eigenvalue weighted by atomic mass is 32.2. The molecule has 3 rings (SSSR count). The summed E-state index contributed by atoms with van der Waals surface area (Å²) >= 11 is 0. The lowest BCUT2D eigenvalue weighted by atomic mass is 9.74. The number of hydrogen-bond acceptors (Lipinski definition) is 6. The summed E-state index contributed by atoms with van der Waals surface area (Å²) in [5, 5.41) is 3.01. The predicted octanol–water partition coefficient (Wildman–Crippen LogP) is 2.72. The Bertz CT molecular complexity index is 1050. The van der Waals surface area contributed by atoms with Crippen LogP contribution in [0.25, 0.3) is 0 Å². The largest absolute Gasteiger partial charge is 0.497 e. The van der Waals surface area contributed by atoms with Crippen LogP contribution in [0.15, 0.2) is 48.5 Å². The average molecular weight is 477 g/mol. The molecular weight excluding hydrogens is 444 g/mol. The number of benzene rings is 2. The molecular formula is C24H32N2O6S. The minimum atomic E-state index is -3.81. The van der Waals surface area contributed by atoms with Crippen LogP contribution in [-0.2, 0) is 25.0 Å². The summed E-state index contributed by atoms with van der Waals surface area (Å²) in [4.78, 5) is 13.3. The highest BCUT2D eigenvalue weighted by molar-refractivity contribution is 7.92. The van der Waals surface area contributed by atoms with Crippen LogP contribution < -0.4 is 19.1 Å². The first kappa shape index (κ1) is 24.9. The van der Waals surface area contributed by atoms with Gasteiger partial charge in [0.05, 0.1) is 26.2 Å². The molecule has 1 amide bonds. The number of sulfonamides is 1. The normalized spacial score (nSPS) is 16.5. The third-order valence-electron chi connectivity index (χ3n) is 6.15. The van der Waals surface area contributed by atoms with E-state index in [0.29, 0.717) is 31.3 Å². The van der Waals surface area contributed by atoms with Crippen molar-refractivity contribution in [1.29, 1.82) is 0 Å². The molecule has 1 atom stereocenters. The molecule has 0 radical (unpaired) electrons. The molecule has 33 heavy (non-hydrogen) atoms. The monoisotopic (exact) mass is 476 g/mol. The molecule has 2 aromatic carbocycles. The third-order valence-corrected chi connectivity index (χ3v) is 7.38. The predicted molar refractivity (Wildman–Crippen MR) is 128 cm³/mol. The molecule has 0 saturated carbocycles. The Labute approximate surface area is 195 Å². The molecule has 2 aromatic rings. The summed E-state index contributed by atoms with van der Waals surface area (Å²) < 4.78 is 42.8. The van der Waals surface area contributed by atoms with Gasteiger partial charge in [0.15, 0.2) is 0 Å². The van der Waals surface area contributed by atoms with Gasteiger partial charge in [-0.15, -0.1) is 0 Å². The second-order valence-corrected chi connectivity index (χ2v) is 10.1. The van der Waals surface area contributed by atoms with E-state index in [0.717, 1.165) is 29.0 Å². The highest BCUT2D eigenvalue weighted by Gasteiger charge is 2.37. The lowest BCUT2D eigenvalue weighted by Gasteiger charge is -2.38. The van der Waals surface area contributed by atoms with E-state index in [4.69, 9.17) is 14.2 Å². The Hall–Kier alpha value is -2.78. The summed E-state index contributed by atoms with van der Waals surface area (Å²) in [6.07, 6.45) is 2.61. The maximum Gasteiger partial charge on any atom is 0.243 e. The van der Waals surface area contributed by atoms with Crippen LogP contribution in [0, 0.1) is 0 Å². The van der Waals surface area contributed by atoms with Gasteiger partial charge < -0.3 is 19.5 Å². The first-order valence-corrected chi connectivity index (χ1v) is 12.7. The van der Waals surface area contributed by atoms with E-state index in [1.54, 1.807) is 25.1 Å². The maximum absolute atomic E-state index is 13.3. The number of ether oxygens (including phenoxy) is 3. The zero-order valence-corrected chi connectivity index (χ0v) is 20.4. The Morgan fingerprint density at radius 2 is 1.79 bits per heavy atom. The quantitative estimate of drug-likeness (QED) is 0.598. The van der Waals surface area contributed by atoms with E-state index in [1.807, 2.05) is 18.2 Å². The molecule has 1 fully saturated rings. The minimum absolute atomic E-state index is 0.242. The number of nitrogens with zero attached hydrogens (tertiary/aromatic N) is 1. The number of methoxy groups -OCH3 is 2. The lowest BCUT2D eigenvalue weighted by molar-refractivity contribution is -0.122. The molecule has 1 saturated heterocycles. The fraction of sp³-hybridized carbons (Fsp3) is 0.458. The van der Waals surface area contributed by atoms with Gasteiger partial charge in [0, 0.05) is 31.2 Å². The lowest BCUT2D eigenvalue weighted by Crippen LogP contribution is -2.52. The van der Waals surface area contributed by atoms with Crippen molar-refractivity contribution in [2.24, 2.45) is 0 Å². The van der Waals surface area contributed by atoms with Crippen molar-refractivity contribution >= 4 is 21.6 Å². The first-order chi connectivity index (χ1) is 15.7. The number of carbonyl (C=O) groups is 1. The standard InChI is InChI=1S/C24H32N2O6S/c1-18(26(33(4,28)29)21-16-20(30-2)10-11-22(21)31-3)23(27)25-17-24(12-14-32-15-13-24)19-8-6-5-7-9-19/h5-11,16,18H,12-15,17H2,1-4H3,(H,25,27)/t18-/m0/s1. The zero-order chi connectivity index (χ0) is 24.1. The van der Waals surface area contributed by atoms with E-state index in [1.165, 1.54) is 14.2 Å². The molecule has 0 aliphatic carbocycles. The van der Waals surface area contributed by atoms with E-state index < -0.39 is 22.0 Å². The summed E-state index contributed by atoms with van der Waals surface area (Å²) in [6.45, 7) is 3.17. The van der Waals surface area contributed by atoms with Crippen molar-refractivity contribution in [2.45, 2.75) is 31.2 Å². The molecule has 1 aliphatic rings. The number of anilines is 1. The summed E-state index contributed by atoms with van der Waals surface area (Å²) in [5.41, 5.74) is 1.11. The van der Waals surface area contributed by atoms with Crippen LogP contribution in [0.1, 0.15) is 25.3 Å². The number of hydrogen-bond donors (Lipinski definition) is 1. The van der Waals surface area contributed by atoms with Gasteiger partial charge >= 0.3 is 0 Å². The van der Waals surface area contributed by atoms with Crippen molar-refractivity contribution in [2.75, 3.05) is 44.5 Å². The number of carbonyl (C=O) groups excluding carboxylic acids is 1. The Kier molecular flexibility index (Phi) is 7.86. The molecule has 0 spiro atoms. The van der Waals surface area contributed by atoms with Crippen molar-refractivity contribution in [3.63, 3.8) is 0 Å². The molecule has 8 nitrogen and oxygen atoms in total. The molecule has 0 bridgehead atoms. The Morgan fingerprint density at radius 1 is 1.12 bits per heavy atom. The van der Waals surface area contributed by atoms with E-state index >= 15 is 0 Å². The number of rotatable bonds is 9. The van der Waals surface area contributed by atoms with Crippen molar-refractivity contribution in [3.05, 3.63) is 54.1 Å². The SMILES string of the molecule is COc1ccc(OC)c(N([C@@H](C)C(=O)NCC2(c3ccccc3)CCOCC2)S(C)(=O)=O)c1.